The summed E-state index contributed by atoms with van der Waals surface area (Å²) in [6, 6.07) is 43.3. The van der Waals surface area contributed by atoms with Crippen molar-refractivity contribution in [1.82, 2.24) is 0 Å². The third-order valence-corrected chi connectivity index (χ3v) is 7.76. The Morgan fingerprint density at radius 1 is 0.452 bits per heavy atom. The highest BCUT2D eigenvalue weighted by Crippen LogP contribution is 2.43. The number of rotatable bonds is 5. The van der Waals surface area contributed by atoms with Crippen molar-refractivity contribution in [2.75, 3.05) is 4.90 Å². The lowest BCUT2D eigenvalue weighted by Crippen LogP contribution is -2.10. The van der Waals surface area contributed by atoms with Crippen molar-refractivity contribution in [3.8, 4) is 22.3 Å². The number of para-hydroxylation sites is 2. The van der Waals surface area contributed by atoms with E-state index < -0.39 is 6.04 Å². The summed E-state index contributed by atoms with van der Waals surface area (Å²) in [6.07, 6.45) is 0. The van der Waals surface area contributed by atoms with Crippen LogP contribution < -0.4 is 4.90 Å². The molecule has 8 rings (SSSR count). The number of benzene rings is 7. The largest absolute Gasteiger partial charge is 0.456 e. The van der Waals surface area contributed by atoms with Crippen molar-refractivity contribution < 1.29 is 11.3 Å². The fraction of sp³-hybridized carbons (Fsp3) is 0. The van der Waals surface area contributed by atoms with E-state index in [0.717, 1.165) is 60.9 Å². The van der Waals surface area contributed by atoms with Crippen molar-refractivity contribution in [2.24, 2.45) is 0 Å². The molecule has 0 bridgehead atoms. The molecule has 0 atom stereocenters. The first kappa shape index (κ1) is 19.5. The molecule has 0 aliphatic rings. The van der Waals surface area contributed by atoms with Crippen LogP contribution in [0.5, 0.6) is 0 Å². The highest BCUT2D eigenvalue weighted by atomic mass is 16.3. The van der Waals surface area contributed by atoms with Gasteiger partial charge in [-0.2, -0.15) is 0 Å². The minimum atomic E-state index is -0.399. The number of anilines is 3. The molecular weight excluding hydrogens is 510 g/mol. The summed E-state index contributed by atoms with van der Waals surface area (Å²) in [5.74, 6) is 0. The SMILES string of the molecule is [2H]c1c([2H])c([2H])c(-c2ccc(N(c3ccccc3)c3ccc(-c4ccc5oc6ccccc6c5c4)c4ccccc34)cc2)c([2H])c1[2H]. The van der Waals surface area contributed by atoms with Gasteiger partial charge in [-0.1, -0.05) is 115 Å². The van der Waals surface area contributed by atoms with E-state index in [-0.39, 0.29) is 29.7 Å². The highest BCUT2D eigenvalue weighted by Gasteiger charge is 2.18. The molecule has 1 heterocycles. The topological polar surface area (TPSA) is 16.4 Å². The zero-order valence-corrected chi connectivity index (χ0v) is 22.6. The van der Waals surface area contributed by atoms with E-state index in [1.54, 1.807) is 0 Å². The van der Waals surface area contributed by atoms with E-state index in [4.69, 9.17) is 11.3 Å². The van der Waals surface area contributed by atoms with Crippen LogP contribution in [0.1, 0.15) is 6.85 Å². The van der Waals surface area contributed by atoms with Gasteiger partial charge in [0.25, 0.3) is 0 Å². The first-order chi connectivity index (χ1) is 22.9. The first-order valence-corrected chi connectivity index (χ1v) is 13.9. The summed E-state index contributed by atoms with van der Waals surface area (Å²) in [4.78, 5) is 2.19. The Balaban J connectivity index is 1.28. The summed E-state index contributed by atoms with van der Waals surface area (Å²) in [6.45, 7) is 0. The van der Waals surface area contributed by atoms with Crippen LogP contribution in [0.15, 0.2) is 168 Å². The third-order valence-electron chi connectivity index (χ3n) is 7.76. The maximum Gasteiger partial charge on any atom is 0.135 e. The normalized spacial score (nSPS) is 13.0. The number of hydrogen-bond donors (Lipinski definition) is 0. The average Bonchev–Trinajstić information content (AvgIpc) is 3.49. The maximum atomic E-state index is 8.45. The van der Waals surface area contributed by atoms with Gasteiger partial charge in [0.15, 0.2) is 0 Å². The molecule has 0 unspecified atom stereocenters. The molecule has 2 nitrogen and oxygen atoms in total. The molecule has 0 aliphatic carbocycles. The second-order valence-corrected chi connectivity index (χ2v) is 10.2. The summed E-state index contributed by atoms with van der Waals surface area (Å²) in [7, 11) is 0. The van der Waals surface area contributed by atoms with Gasteiger partial charge >= 0.3 is 0 Å². The van der Waals surface area contributed by atoms with Crippen molar-refractivity contribution >= 4 is 49.8 Å². The Hall–Kier alpha value is -5.60. The highest BCUT2D eigenvalue weighted by molar-refractivity contribution is 6.10. The van der Waals surface area contributed by atoms with Crippen molar-refractivity contribution in [1.29, 1.82) is 0 Å². The van der Waals surface area contributed by atoms with E-state index >= 15 is 0 Å². The zero-order chi connectivity index (χ0) is 32.2. The molecule has 0 N–H and O–H groups in total. The number of nitrogens with zero attached hydrogens (tertiary/aromatic N) is 1. The lowest BCUT2D eigenvalue weighted by molar-refractivity contribution is 0.669. The Morgan fingerprint density at radius 3 is 1.90 bits per heavy atom. The van der Waals surface area contributed by atoms with Crippen LogP contribution in [0.3, 0.4) is 0 Å². The summed E-state index contributed by atoms with van der Waals surface area (Å²) in [5, 5.41) is 4.35. The van der Waals surface area contributed by atoms with Gasteiger partial charge in [-0.05, 0) is 76.2 Å². The number of furan rings is 1. The second kappa shape index (κ2) is 10.1. The number of hydrogen-bond acceptors (Lipinski definition) is 2. The van der Waals surface area contributed by atoms with Crippen LogP contribution in [-0.2, 0) is 0 Å². The van der Waals surface area contributed by atoms with Crippen LogP contribution in [-0.4, -0.2) is 0 Å². The fourth-order valence-corrected chi connectivity index (χ4v) is 5.80. The lowest BCUT2D eigenvalue weighted by Gasteiger charge is -2.27. The predicted molar refractivity (Wildman–Crippen MR) is 177 cm³/mol. The number of fused-ring (bicyclic) bond motifs is 4. The smallest absolute Gasteiger partial charge is 0.135 e. The molecule has 0 amide bonds. The fourth-order valence-electron chi connectivity index (χ4n) is 5.80. The molecule has 0 radical (unpaired) electrons. The van der Waals surface area contributed by atoms with Crippen LogP contribution in [0.25, 0.3) is 55.0 Å². The molecular formula is C40H27NO. The predicted octanol–water partition coefficient (Wildman–Crippen LogP) is 11.5. The second-order valence-electron chi connectivity index (χ2n) is 10.2. The Morgan fingerprint density at radius 2 is 1.10 bits per heavy atom. The molecule has 42 heavy (non-hydrogen) atoms. The Kier molecular flexibility index (Phi) is 4.68. The van der Waals surface area contributed by atoms with Gasteiger partial charge in [0.05, 0.1) is 12.5 Å². The van der Waals surface area contributed by atoms with Gasteiger partial charge in [0, 0.05) is 27.5 Å². The first-order valence-electron chi connectivity index (χ1n) is 16.4. The van der Waals surface area contributed by atoms with Crippen LogP contribution in [0.2, 0.25) is 0 Å². The minimum absolute atomic E-state index is 0.186. The summed E-state index contributed by atoms with van der Waals surface area (Å²) in [5.41, 5.74) is 7.51. The van der Waals surface area contributed by atoms with E-state index in [1.165, 1.54) is 0 Å². The van der Waals surface area contributed by atoms with Crippen molar-refractivity contribution in [3.63, 3.8) is 0 Å². The summed E-state index contributed by atoms with van der Waals surface area (Å²) >= 11 is 0. The van der Waals surface area contributed by atoms with Crippen molar-refractivity contribution in [2.45, 2.75) is 0 Å². The van der Waals surface area contributed by atoms with Crippen LogP contribution >= 0.6 is 0 Å². The average molecular weight is 543 g/mol. The van der Waals surface area contributed by atoms with Crippen LogP contribution in [0.4, 0.5) is 17.1 Å². The van der Waals surface area contributed by atoms with Gasteiger partial charge in [-0.25, -0.2) is 0 Å². The maximum absolute atomic E-state index is 8.45. The van der Waals surface area contributed by atoms with Crippen LogP contribution in [0, 0.1) is 0 Å². The molecule has 0 aliphatic heterocycles. The van der Waals surface area contributed by atoms with E-state index in [9.17, 15) is 0 Å². The van der Waals surface area contributed by atoms with E-state index in [2.05, 4.69) is 65.6 Å². The van der Waals surface area contributed by atoms with E-state index in [0.29, 0.717) is 5.56 Å². The van der Waals surface area contributed by atoms with Gasteiger partial charge in [0.2, 0.25) is 0 Å². The summed E-state index contributed by atoms with van der Waals surface area (Å²) < 4.78 is 47.2. The molecule has 198 valence electrons. The monoisotopic (exact) mass is 542 g/mol. The van der Waals surface area contributed by atoms with Gasteiger partial charge in [0.1, 0.15) is 11.2 Å². The Labute approximate surface area is 251 Å². The molecule has 0 saturated heterocycles. The van der Waals surface area contributed by atoms with Gasteiger partial charge < -0.3 is 9.32 Å². The molecule has 2 heteroatoms. The molecule has 0 fully saturated rings. The lowest BCUT2D eigenvalue weighted by atomic mass is 9.95. The molecule has 0 spiro atoms. The quantitative estimate of drug-likeness (QED) is 0.215. The zero-order valence-electron chi connectivity index (χ0n) is 27.6. The van der Waals surface area contributed by atoms with E-state index in [1.807, 2.05) is 72.8 Å². The minimum Gasteiger partial charge on any atom is -0.456 e. The molecule has 0 saturated carbocycles. The van der Waals surface area contributed by atoms with Crippen molar-refractivity contribution in [3.05, 3.63) is 164 Å². The molecule has 7 aromatic carbocycles. The molecule has 8 aromatic rings. The third kappa shape index (κ3) is 4.13. The molecule has 1 aromatic heterocycles. The van der Waals surface area contributed by atoms with Gasteiger partial charge in [-0.15, -0.1) is 0 Å². The Bertz CT molecular complexity index is 2440. The standard InChI is InChI=1S/C40H27NO/c1-3-11-28(12-4-1)29-19-22-32(23-20-29)41(31-13-5-2-6-14-31)38-25-24-33(34-15-7-8-16-35(34)38)30-21-26-40-37(27-30)36-17-9-10-18-39(36)42-40/h1-27H/i1D,3D,4D,11D,12D. The van der Waals surface area contributed by atoms with Gasteiger partial charge in [-0.3, -0.25) is 0 Å².